The third kappa shape index (κ3) is 4.03. The molecule has 0 unspecified atom stereocenters. The van der Waals surface area contributed by atoms with Crippen LogP contribution in [-0.4, -0.2) is 66.8 Å². The van der Waals surface area contributed by atoms with Crippen LogP contribution in [-0.2, 0) is 14.3 Å². The number of carbonyl (C=O) groups excluding carboxylic acids is 3. The largest absolute Gasteiger partial charge is 0.496 e. The highest BCUT2D eigenvalue weighted by Crippen LogP contribution is 2.34. The monoisotopic (exact) mass is 396 g/mol. The quantitative estimate of drug-likeness (QED) is 0.726. The van der Waals surface area contributed by atoms with Gasteiger partial charge in [0.25, 0.3) is 11.1 Å². The van der Waals surface area contributed by atoms with Crippen LogP contribution in [0, 0.1) is 0 Å². The number of carbonyl (C=O) groups is 3. The fourth-order valence-electron chi connectivity index (χ4n) is 2.64. The molecule has 0 bridgehead atoms. The molecule has 26 heavy (non-hydrogen) atoms. The Labute approximate surface area is 159 Å². The van der Waals surface area contributed by atoms with Gasteiger partial charge in [-0.05, 0) is 36.0 Å². The number of morpholine rings is 1. The van der Waals surface area contributed by atoms with Crippen molar-refractivity contribution in [3.63, 3.8) is 0 Å². The van der Waals surface area contributed by atoms with Crippen LogP contribution < -0.4 is 4.74 Å². The molecule has 9 heteroatoms. The number of hydrogen-bond acceptors (Lipinski definition) is 6. The molecule has 138 valence electrons. The van der Waals surface area contributed by atoms with E-state index in [1.807, 2.05) is 0 Å². The first-order valence-electron chi connectivity index (χ1n) is 7.94. The van der Waals surface area contributed by atoms with Crippen molar-refractivity contribution in [2.24, 2.45) is 0 Å². The third-order valence-corrected chi connectivity index (χ3v) is 5.15. The Bertz CT molecular complexity index is 776. The summed E-state index contributed by atoms with van der Waals surface area (Å²) in [6, 6.07) is 5.00. The van der Waals surface area contributed by atoms with E-state index in [9.17, 15) is 14.4 Å². The molecule has 7 nitrogen and oxygen atoms in total. The summed E-state index contributed by atoms with van der Waals surface area (Å²) in [6.07, 6.45) is 1.55. The molecule has 2 aliphatic heterocycles. The standard InChI is InChI=1S/C17H17ClN2O5S/c1-24-13-3-2-12(18)8-11(13)9-14-16(22)20(17(23)26-14)10-15(21)19-4-6-25-7-5-19/h2-3,8-9H,4-7,10H2,1H3/b14-9+. The first-order valence-corrected chi connectivity index (χ1v) is 9.13. The van der Waals surface area contributed by atoms with Crippen LogP contribution in [0.3, 0.4) is 0 Å². The topological polar surface area (TPSA) is 76.2 Å². The summed E-state index contributed by atoms with van der Waals surface area (Å²) < 4.78 is 10.4. The number of ether oxygens (including phenoxy) is 2. The number of halogens is 1. The van der Waals surface area contributed by atoms with E-state index in [2.05, 4.69) is 0 Å². The lowest BCUT2D eigenvalue weighted by molar-refractivity contribution is -0.139. The molecule has 2 fully saturated rings. The highest BCUT2D eigenvalue weighted by molar-refractivity contribution is 8.18. The number of methoxy groups -OCH3 is 1. The van der Waals surface area contributed by atoms with Crippen molar-refractivity contribution < 1.29 is 23.9 Å². The van der Waals surface area contributed by atoms with Crippen LogP contribution in [0.2, 0.25) is 5.02 Å². The van der Waals surface area contributed by atoms with Crippen molar-refractivity contribution in [2.45, 2.75) is 0 Å². The van der Waals surface area contributed by atoms with E-state index in [-0.39, 0.29) is 17.4 Å². The van der Waals surface area contributed by atoms with Gasteiger partial charge in [0, 0.05) is 23.7 Å². The molecule has 1 aromatic rings. The van der Waals surface area contributed by atoms with Crippen LogP contribution in [0.15, 0.2) is 23.1 Å². The molecular formula is C17H17ClN2O5S. The Morgan fingerprint density at radius 3 is 2.77 bits per heavy atom. The lowest BCUT2D eigenvalue weighted by atomic mass is 10.2. The van der Waals surface area contributed by atoms with Crippen molar-refractivity contribution in [2.75, 3.05) is 40.0 Å². The molecule has 0 spiro atoms. The van der Waals surface area contributed by atoms with E-state index < -0.39 is 11.1 Å². The van der Waals surface area contributed by atoms with E-state index >= 15 is 0 Å². The molecule has 0 radical (unpaired) electrons. The van der Waals surface area contributed by atoms with E-state index in [1.54, 1.807) is 29.2 Å². The lowest BCUT2D eigenvalue weighted by Crippen LogP contribution is -2.46. The van der Waals surface area contributed by atoms with Crippen molar-refractivity contribution in [1.29, 1.82) is 0 Å². The van der Waals surface area contributed by atoms with E-state index in [0.717, 1.165) is 16.7 Å². The molecule has 2 aliphatic rings. The minimum Gasteiger partial charge on any atom is -0.496 e. The first kappa shape index (κ1) is 18.8. The van der Waals surface area contributed by atoms with E-state index in [0.29, 0.717) is 42.6 Å². The first-order chi connectivity index (χ1) is 12.5. The lowest BCUT2D eigenvalue weighted by Gasteiger charge is -2.28. The van der Waals surface area contributed by atoms with Gasteiger partial charge in [-0.25, -0.2) is 0 Å². The number of rotatable bonds is 4. The Balaban J connectivity index is 1.76. The van der Waals surface area contributed by atoms with Crippen molar-refractivity contribution >= 4 is 46.5 Å². The Morgan fingerprint density at radius 2 is 2.08 bits per heavy atom. The molecule has 0 N–H and O–H groups in total. The molecule has 3 amide bonds. The highest BCUT2D eigenvalue weighted by atomic mass is 35.5. The number of benzene rings is 1. The van der Waals surface area contributed by atoms with Crippen LogP contribution >= 0.6 is 23.4 Å². The second kappa shape index (κ2) is 8.11. The highest BCUT2D eigenvalue weighted by Gasteiger charge is 2.37. The summed E-state index contributed by atoms with van der Waals surface area (Å²) in [6.45, 7) is 1.58. The second-order valence-corrected chi connectivity index (χ2v) is 7.08. The maximum Gasteiger partial charge on any atom is 0.294 e. The van der Waals surface area contributed by atoms with Gasteiger partial charge in [0.1, 0.15) is 12.3 Å². The summed E-state index contributed by atoms with van der Waals surface area (Å²) in [5.74, 6) is -0.230. The Morgan fingerprint density at radius 1 is 1.35 bits per heavy atom. The van der Waals surface area contributed by atoms with Crippen LogP contribution in [0.4, 0.5) is 4.79 Å². The zero-order valence-electron chi connectivity index (χ0n) is 14.1. The number of amides is 3. The second-order valence-electron chi connectivity index (χ2n) is 5.65. The minimum absolute atomic E-state index is 0.227. The number of hydrogen-bond donors (Lipinski definition) is 0. The molecule has 2 heterocycles. The minimum atomic E-state index is -0.497. The summed E-state index contributed by atoms with van der Waals surface area (Å²) in [5, 5.41) is 0.0163. The predicted molar refractivity (Wildman–Crippen MR) is 98.1 cm³/mol. The molecule has 3 rings (SSSR count). The third-order valence-electron chi connectivity index (χ3n) is 4.01. The molecule has 1 aromatic carbocycles. The van der Waals surface area contributed by atoms with E-state index in [1.165, 1.54) is 7.11 Å². The van der Waals surface area contributed by atoms with Crippen molar-refractivity contribution in [3.8, 4) is 5.75 Å². The van der Waals surface area contributed by atoms with Crippen LogP contribution in [0.5, 0.6) is 5.75 Å². The number of imide groups is 1. The molecule has 0 atom stereocenters. The maximum atomic E-state index is 12.6. The van der Waals surface area contributed by atoms with Gasteiger partial charge in [-0.1, -0.05) is 11.6 Å². The normalized spacial score (nSPS) is 19.4. The van der Waals surface area contributed by atoms with Gasteiger partial charge in [0.15, 0.2) is 0 Å². The van der Waals surface area contributed by atoms with Gasteiger partial charge in [0.05, 0.1) is 25.2 Å². The van der Waals surface area contributed by atoms with Crippen LogP contribution in [0.1, 0.15) is 5.56 Å². The van der Waals surface area contributed by atoms with Gasteiger partial charge in [-0.15, -0.1) is 0 Å². The summed E-state index contributed by atoms with van der Waals surface area (Å²) in [5.41, 5.74) is 0.588. The van der Waals surface area contributed by atoms with Gasteiger partial charge in [-0.2, -0.15) is 0 Å². The van der Waals surface area contributed by atoms with Gasteiger partial charge in [-0.3, -0.25) is 19.3 Å². The van der Waals surface area contributed by atoms with Gasteiger partial charge < -0.3 is 14.4 Å². The Hall–Kier alpha value is -2.03. The van der Waals surface area contributed by atoms with Gasteiger partial charge >= 0.3 is 0 Å². The summed E-state index contributed by atoms with van der Waals surface area (Å²) in [4.78, 5) is 39.9. The fraction of sp³-hybridized carbons (Fsp3) is 0.353. The molecule has 0 aromatic heterocycles. The fourth-order valence-corrected chi connectivity index (χ4v) is 3.65. The smallest absolute Gasteiger partial charge is 0.294 e. The SMILES string of the molecule is COc1ccc(Cl)cc1/C=C1/SC(=O)N(CC(=O)N2CCOCC2)C1=O. The average molecular weight is 397 g/mol. The summed E-state index contributed by atoms with van der Waals surface area (Å²) in [7, 11) is 1.51. The zero-order chi connectivity index (χ0) is 18.7. The van der Waals surface area contributed by atoms with Crippen molar-refractivity contribution in [3.05, 3.63) is 33.7 Å². The maximum absolute atomic E-state index is 12.6. The predicted octanol–water partition coefficient (Wildman–Crippen LogP) is 2.24. The number of nitrogens with zero attached hydrogens (tertiary/aromatic N) is 2. The van der Waals surface area contributed by atoms with E-state index in [4.69, 9.17) is 21.1 Å². The summed E-state index contributed by atoms with van der Waals surface area (Å²) >= 11 is 6.79. The molecule has 0 aliphatic carbocycles. The number of thioether (sulfide) groups is 1. The zero-order valence-corrected chi connectivity index (χ0v) is 15.6. The molecule has 0 saturated carbocycles. The van der Waals surface area contributed by atoms with Crippen molar-refractivity contribution in [1.82, 2.24) is 9.80 Å². The average Bonchev–Trinajstić information content (AvgIpc) is 2.90. The van der Waals surface area contributed by atoms with Gasteiger partial charge in [0.2, 0.25) is 5.91 Å². The molecular weight excluding hydrogens is 380 g/mol. The molecule has 2 saturated heterocycles. The van der Waals surface area contributed by atoms with Crippen LogP contribution in [0.25, 0.3) is 6.08 Å². The Kier molecular flexibility index (Phi) is 5.85.